The first kappa shape index (κ1) is 15.9. The average Bonchev–Trinajstić information content (AvgIpc) is 2.27. The smallest absolute Gasteiger partial charge is 0.332 e. The average molecular weight is 248 g/mol. The third kappa shape index (κ3) is 11.9. The van der Waals surface area contributed by atoms with E-state index in [1.807, 2.05) is 9.47 Å². The van der Waals surface area contributed by atoms with E-state index in [0.29, 0.717) is 6.61 Å². The van der Waals surface area contributed by atoms with E-state index in [2.05, 4.69) is 11.4 Å². The quantitative estimate of drug-likeness (QED) is 0.319. The van der Waals surface area contributed by atoms with Gasteiger partial charge in [0, 0.05) is 9.47 Å². The minimum Gasteiger partial charge on any atom is -0.464 e. The van der Waals surface area contributed by atoms with Crippen molar-refractivity contribution in [3.05, 3.63) is 0 Å². The van der Waals surface area contributed by atoms with Crippen LogP contribution in [0.15, 0.2) is 0 Å². The second-order valence-corrected chi connectivity index (χ2v) is 4.34. The van der Waals surface area contributed by atoms with Crippen LogP contribution >= 0.6 is 9.47 Å². The Bertz CT molecular complexity index is 162. The number of carbonyl (C=O) groups excluding carboxylic acids is 1. The van der Waals surface area contributed by atoms with Gasteiger partial charge in [-0.05, 0) is 6.42 Å². The molecule has 0 aromatic heterocycles. The topological polar surface area (TPSA) is 35.5 Å². The molecular formula is C12H25O3P. The minimum atomic E-state index is -0.280. The number of rotatable bonds is 11. The summed E-state index contributed by atoms with van der Waals surface area (Å²) < 4.78 is 9.53. The van der Waals surface area contributed by atoms with Crippen LogP contribution in [0.4, 0.5) is 0 Å². The van der Waals surface area contributed by atoms with Crippen LogP contribution in [0.1, 0.15) is 58.3 Å². The number of carbonyl (C=O) groups is 1. The van der Waals surface area contributed by atoms with E-state index in [4.69, 9.17) is 4.74 Å². The van der Waals surface area contributed by atoms with Crippen LogP contribution in [-0.4, -0.2) is 19.2 Å². The highest BCUT2D eigenvalue weighted by Crippen LogP contribution is 2.08. The Morgan fingerprint density at radius 3 is 2.12 bits per heavy atom. The van der Waals surface area contributed by atoms with E-state index in [-0.39, 0.29) is 12.6 Å². The molecule has 0 bridgehead atoms. The predicted molar refractivity (Wildman–Crippen MR) is 69.2 cm³/mol. The van der Waals surface area contributed by atoms with Gasteiger partial charge in [0.1, 0.15) is 6.61 Å². The molecule has 0 N–H and O–H groups in total. The monoisotopic (exact) mass is 248 g/mol. The lowest BCUT2D eigenvalue weighted by Crippen LogP contribution is -2.10. The zero-order chi connectivity index (χ0) is 12.1. The lowest BCUT2D eigenvalue weighted by Gasteiger charge is -2.04. The number of ether oxygens (including phenoxy) is 1. The first-order valence-electron chi connectivity index (χ1n) is 6.28. The fourth-order valence-electron chi connectivity index (χ4n) is 1.53. The predicted octanol–water partition coefficient (Wildman–Crippen LogP) is 3.48. The van der Waals surface area contributed by atoms with Gasteiger partial charge in [-0.15, -0.1) is 0 Å². The molecule has 0 heterocycles. The molecular weight excluding hydrogens is 223 g/mol. The highest BCUT2D eigenvalue weighted by atomic mass is 31.0. The first-order valence-corrected chi connectivity index (χ1v) is 6.75. The summed E-state index contributed by atoms with van der Waals surface area (Å²) in [6, 6.07) is 0. The highest BCUT2D eigenvalue weighted by Gasteiger charge is 2.00. The molecule has 4 heteroatoms. The van der Waals surface area contributed by atoms with Crippen LogP contribution in [0.5, 0.6) is 0 Å². The molecule has 1 unspecified atom stereocenters. The van der Waals surface area contributed by atoms with Crippen molar-refractivity contribution in [2.75, 3.05) is 13.2 Å². The van der Waals surface area contributed by atoms with Gasteiger partial charge in [-0.1, -0.05) is 51.9 Å². The molecule has 96 valence electrons. The normalized spacial score (nSPS) is 10.4. The molecule has 0 aromatic rings. The third-order valence-electron chi connectivity index (χ3n) is 2.46. The van der Waals surface area contributed by atoms with E-state index in [1.165, 1.54) is 38.5 Å². The summed E-state index contributed by atoms with van der Waals surface area (Å²) in [4.78, 5) is 10.9. The molecule has 0 rings (SSSR count). The summed E-state index contributed by atoms with van der Waals surface area (Å²) in [6.07, 6.45) is 10.0. The van der Waals surface area contributed by atoms with Crippen LogP contribution in [0, 0.1) is 0 Å². The Balaban J connectivity index is 3.01. The molecule has 0 aliphatic rings. The van der Waals surface area contributed by atoms with Crippen LogP contribution in [-0.2, 0) is 14.1 Å². The summed E-state index contributed by atoms with van der Waals surface area (Å²) in [6.45, 7) is 2.79. The van der Waals surface area contributed by atoms with Gasteiger partial charge in [0.25, 0.3) is 0 Å². The van der Waals surface area contributed by atoms with Crippen molar-refractivity contribution in [3.63, 3.8) is 0 Å². The molecule has 0 aliphatic heterocycles. The van der Waals surface area contributed by atoms with Crippen molar-refractivity contribution in [3.8, 4) is 0 Å². The zero-order valence-corrected chi connectivity index (χ0v) is 11.5. The molecule has 0 spiro atoms. The lowest BCUT2D eigenvalue weighted by molar-refractivity contribution is -0.145. The zero-order valence-electron chi connectivity index (χ0n) is 10.4. The van der Waals surface area contributed by atoms with Gasteiger partial charge in [0.15, 0.2) is 0 Å². The van der Waals surface area contributed by atoms with Gasteiger partial charge in [-0.3, -0.25) is 0 Å². The Morgan fingerprint density at radius 2 is 1.56 bits per heavy atom. The number of esters is 1. The van der Waals surface area contributed by atoms with Gasteiger partial charge in [-0.25, -0.2) is 4.79 Å². The second kappa shape index (κ2) is 12.9. The molecule has 0 aliphatic carbocycles. The molecule has 1 atom stereocenters. The lowest BCUT2D eigenvalue weighted by atomic mass is 10.1. The Hall–Kier alpha value is -0.140. The largest absolute Gasteiger partial charge is 0.464 e. The molecule has 0 amide bonds. The standard InChI is InChI=1S/C12H25O3P/c1-2-3-4-5-6-7-8-9-10-14-12(13)11-15-16/h2-11,16H2,1H3. The van der Waals surface area contributed by atoms with Crippen molar-refractivity contribution < 1.29 is 14.1 Å². The van der Waals surface area contributed by atoms with E-state index in [1.54, 1.807) is 0 Å². The summed E-state index contributed by atoms with van der Waals surface area (Å²) in [5.41, 5.74) is 0. The summed E-state index contributed by atoms with van der Waals surface area (Å²) in [5.74, 6) is -0.280. The van der Waals surface area contributed by atoms with Crippen LogP contribution < -0.4 is 0 Å². The molecule has 0 aromatic carbocycles. The molecule has 3 nitrogen and oxygen atoms in total. The SMILES string of the molecule is CCCCCCCCCCOC(=O)COP. The molecule has 16 heavy (non-hydrogen) atoms. The fourth-order valence-corrected chi connectivity index (χ4v) is 1.67. The third-order valence-corrected chi connectivity index (χ3v) is 2.63. The van der Waals surface area contributed by atoms with Gasteiger partial charge in [0.05, 0.1) is 6.61 Å². The Labute approximate surface area is 102 Å². The number of hydrogen-bond acceptors (Lipinski definition) is 3. The summed E-state index contributed by atoms with van der Waals surface area (Å²) in [7, 11) is 2.04. The maximum atomic E-state index is 10.9. The molecule has 0 saturated carbocycles. The Morgan fingerprint density at radius 1 is 1.00 bits per heavy atom. The number of hydrogen-bond donors (Lipinski definition) is 0. The van der Waals surface area contributed by atoms with Crippen molar-refractivity contribution in [1.29, 1.82) is 0 Å². The van der Waals surface area contributed by atoms with Gasteiger partial charge < -0.3 is 9.26 Å². The molecule has 0 radical (unpaired) electrons. The van der Waals surface area contributed by atoms with Gasteiger partial charge >= 0.3 is 5.97 Å². The fraction of sp³-hybridized carbons (Fsp3) is 0.917. The minimum absolute atomic E-state index is 0.0294. The van der Waals surface area contributed by atoms with Gasteiger partial charge in [0.2, 0.25) is 0 Å². The van der Waals surface area contributed by atoms with E-state index >= 15 is 0 Å². The summed E-state index contributed by atoms with van der Waals surface area (Å²) >= 11 is 0. The second-order valence-electron chi connectivity index (χ2n) is 4.01. The van der Waals surface area contributed by atoms with Gasteiger partial charge in [-0.2, -0.15) is 0 Å². The van der Waals surface area contributed by atoms with E-state index < -0.39 is 0 Å². The van der Waals surface area contributed by atoms with E-state index in [0.717, 1.165) is 12.8 Å². The maximum absolute atomic E-state index is 10.9. The molecule has 0 fully saturated rings. The first-order chi connectivity index (χ1) is 7.81. The van der Waals surface area contributed by atoms with Crippen LogP contribution in [0.2, 0.25) is 0 Å². The van der Waals surface area contributed by atoms with Crippen molar-refractivity contribution >= 4 is 15.4 Å². The van der Waals surface area contributed by atoms with Crippen LogP contribution in [0.3, 0.4) is 0 Å². The Kier molecular flexibility index (Phi) is 12.8. The van der Waals surface area contributed by atoms with Crippen molar-refractivity contribution in [2.45, 2.75) is 58.3 Å². The maximum Gasteiger partial charge on any atom is 0.332 e. The van der Waals surface area contributed by atoms with Crippen molar-refractivity contribution in [1.82, 2.24) is 0 Å². The van der Waals surface area contributed by atoms with Crippen molar-refractivity contribution in [2.24, 2.45) is 0 Å². The number of unbranched alkanes of at least 4 members (excludes halogenated alkanes) is 7. The van der Waals surface area contributed by atoms with Crippen LogP contribution in [0.25, 0.3) is 0 Å². The molecule has 0 saturated heterocycles. The summed E-state index contributed by atoms with van der Waals surface area (Å²) in [5, 5.41) is 0. The van der Waals surface area contributed by atoms with E-state index in [9.17, 15) is 4.79 Å². The highest BCUT2D eigenvalue weighted by molar-refractivity contribution is 7.09.